The summed E-state index contributed by atoms with van der Waals surface area (Å²) in [5, 5.41) is 2.62. The van der Waals surface area contributed by atoms with Crippen LogP contribution in [0.25, 0.3) is 11.1 Å². The number of halogens is 1. The van der Waals surface area contributed by atoms with Crippen LogP contribution in [0.3, 0.4) is 0 Å². The van der Waals surface area contributed by atoms with Crippen LogP contribution in [0.15, 0.2) is 64.3 Å². The minimum absolute atomic E-state index is 0.0779. The second-order valence-corrected chi connectivity index (χ2v) is 10.7. The molecule has 5 atom stereocenters. The second-order valence-electron chi connectivity index (χ2n) is 10.7. The first-order chi connectivity index (χ1) is 20.7. The number of terminal acetylenes is 1. The highest BCUT2D eigenvalue weighted by Gasteiger charge is 2.39. The van der Waals surface area contributed by atoms with E-state index in [4.69, 9.17) is 20.6 Å². The zero-order valence-electron chi connectivity index (χ0n) is 23.7. The predicted octanol–water partition coefficient (Wildman–Crippen LogP) is 3.64. The highest BCUT2D eigenvalue weighted by molar-refractivity contribution is 5.82. The van der Waals surface area contributed by atoms with E-state index in [2.05, 4.69) is 16.2 Å². The molecule has 3 aromatic rings. The number of H-pyrrole nitrogens is 1. The Hall–Kier alpha value is -4.69. The Kier molecular flexibility index (Phi) is 8.78. The second kappa shape index (κ2) is 12.7. The number of carbonyl (C=O) groups is 2. The molecule has 0 radical (unpaired) electrons. The smallest absolute Gasteiger partial charge is 0.407 e. The van der Waals surface area contributed by atoms with Gasteiger partial charge >= 0.3 is 17.8 Å². The van der Waals surface area contributed by atoms with Crippen LogP contribution in [0.2, 0.25) is 0 Å². The number of aromatic amines is 1. The molecule has 0 saturated carbocycles. The zero-order valence-corrected chi connectivity index (χ0v) is 23.7. The van der Waals surface area contributed by atoms with Crippen LogP contribution in [0.5, 0.6) is 0 Å². The third-order valence-electron chi connectivity index (χ3n) is 8.07. The molecule has 10 nitrogen and oxygen atoms in total. The van der Waals surface area contributed by atoms with Crippen molar-refractivity contribution in [3.63, 3.8) is 0 Å². The Bertz CT molecular complexity index is 1630. The van der Waals surface area contributed by atoms with Gasteiger partial charge in [0.1, 0.15) is 43.3 Å². The van der Waals surface area contributed by atoms with Crippen molar-refractivity contribution in [3.8, 4) is 23.5 Å². The fourth-order valence-corrected chi connectivity index (χ4v) is 5.50. The number of esters is 1. The van der Waals surface area contributed by atoms with E-state index < -0.39 is 54.5 Å². The van der Waals surface area contributed by atoms with E-state index in [-0.39, 0.29) is 30.4 Å². The van der Waals surface area contributed by atoms with Crippen molar-refractivity contribution in [1.29, 1.82) is 0 Å². The van der Waals surface area contributed by atoms with E-state index in [1.807, 2.05) is 55.5 Å². The SMILES string of the molecule is C#Cc1cn([C@H]2C[C@H](F)[C@@H](COC(=O)[C@@H](NC(=O)OCC3c4ccccc4-c4ccccc43)[C@@H](C)CC)O2)c(=O)[nH]c1=O. The molecule has 11 heteroatoms. The molecule has 2 aliphatic rings. The molecular formula is C32H32FN3O7. The summed E-state index contributed by atoms with van der Waals surface area (Å²) in [5.74, 6) is 0.937. The Labute approximate surface area is 247 Å². The number of hydrogen-bond acceptors (Lipinski definition) is 7. The Morgan fingerprint density at radius 1 is 1.12 bits per heavy atom. The maximum atomic E-state index is 14.8. The minimum atomic E-state index is -1.57. The molecule has 2 N–H and O–H groups in total. The average molecular weight is 590 g/mol. The third kappa shape index (κ3) is 6.10. The molecule has 1 aliphatic heterocycles. The largest absolute Gasteiger partial charge is 0.461 e. The average Bonchev–Trinajstić information content (AvgIpc) is 3.54. The molecule has 1 aromatic heterocycles. The minimum Gasteiger partial charge on any atom is -0.461 e. The predicted molar refractivity (Wildman–Crippen MR) is 155 cm³/mol. The zero-order chi connectivity index (χ0) is 30.7. The molecule has 0 unspecified atom stereocenters. The van der Waals surface area contributed by atoms with Gasteiger partial charge in [0.15, 0.2) is 0 Å². The number of aromatic nitrogens is 2. The van der Waals surface area contributed by atoms with E-state index >= 15 is 0 Å². The summed E-state index contributed by atoms with van der Waals surface area (Å²) in [4.78, 5) is 52.0. The van der Waals surface area contributed by atoms with E-state index in [0.717, 1.165) is 33.0 Å². The summed E-state index contributed by atoms with van der Waals surface area (Å²) in [6.07, 6.45) is 2.19. The molecule has 2 aromatic carbocycles. The van der Waals surface area contributed by atoms with Gasteiger partial charge in [-0.1, -0.05) is 74.7 Å². The van der Waals surface area contributed by atoms with E-state index in [0.29, 0.717) is 6.42 Å². The van der Waals surface area contributed by atoms with Gasteiger partial charge < -0.3 is 19.5 Å². The summed E-state index contributed by atoms with van der Waals surface area (Å²) < 4.78 is 32.5. The van der Waals surface area contributed by atoms with Gasteiger partial charge in [0.2, 0.25) is 0 Å². The Morgan fingerprint density at radius 3 is 2.40 bits per heavy atom. The first-order valence-corrected chi connectivity index (χ1v) is 14.1. The molecule has 0 bridgehead atoms. The summed E-state index contributed by atoms with van der Waals surface area (Å²) in [5.41, 5.74) is 2.67. The number of nitrogens with one attached hydrogen (secondary N) is 2. The van der Waals surface area contributed by atoms with E-state index in [9.17, 15) is 23.6 Å². The number of carbonyl (C=O) groups excluding carboxylic acids is 2. The van der Waals surface area contributed by atoms with Crippen molar-refractivity contribution < 1.29 is 28.2 Å². The van der Waals surface area contributed by atoms with Gasteiger partial charge in [0.05, 0.1) is 0 Å². The molecule has 0 spiro atoms. The van der Waals surface area contributed by atoms with Crippen LogP contribution in [-0.4, -0.2) is 53.1 Å². The quantitative estimate of drug-likeness (QED) is 0.288. The van der Waals surface area contributed by atoms with Gasteiger partial charge in [0, 0.05) is 18.5 Å². The highest BCUT2D eigenvalue weighted by Crippen LogP contribution is 2.44. The van der Waals surface area contributed by atoms with Crippen molar-refractivity contribution >= 4 is 12.1 Å². The molecule has 2 heterocycles. The van der Waals surface area contributed by atoms with Crippen LogP contribution in [0.4, 0.5) is 9.18 Å². The standard InChI is InChI=1S/C32H32FN3O7/c1-4-18(3)28(34-32(40)42-16-24-22-12-8-6-10-20(22)21-11-7-9-13-23(21)24)30(38)41-17-26-25(33)14-27(43-26)36-15-19(5-2)29(37)35-31(36)39/h2,6-13,15,18,24-28H,4,14,16-17H2,1,3H3,(H,34,40)(H,35,37,39)/t18-,25-,26+,27+,28-/m0/s1. The van der Waals surface area contributed by atoms with Gasteiger partial charge in [0.25, 0.3) is 5.56 Å². The molecule has 224 valence electrons. The highest BCUT2D eigenvalue weighted by atomic mass is 19.1. The number of ether oxygens (including phenoxy) is 3. The number of fused-ring (bicyclic) bond motifs is 3. The van der Waals surface area contributed by atoms with Gasteiger partial charge in [-0.25, -0.2) is 18.8 Å². The molecular weight excluding hydrogens is 557 g/mol. The van der Waals surface area contributed by atoms with Crippen LogP contribution in [-0.2, 0) is 19.0 Å². The molecule has 5 rings (SSSR count). The number of amides is 1. The number of nitrogens with zero attached hydrogens (tertiary/aromatic N) is 1. The normalized spacial score (nSPS) is 20.4. The first kappa shape index (κ1) is 29.8. The number of benzene rings is 2. The van der Waals surface area contributed by atoms with Crippen molar-refractivity contribution in [2.45, 2.75) is 57.2 Å². The number of alkyl carbamates (subject to hydrolysis) is 1. The van der Waals surface area contributed by atoms with Gasteiger partial charge in [-0.2, -0.15) is 0 Å². The fourth-order valence-electron chi connectivity index (χ4n) is 5.50. The summed E-state index contributed by atoms with van der Waals surface area (Å²) in [6, 6.07) is 14.9. The van der Waals surface area contributed by atoms with Crippen molar-refractivity contribution in [2.24, 2.45) is 5.92 Å². The first-order valence-electron chi connectivity index (χ1n) is 14.1. The summed E-state index contributed by atoms with van der Waals surface area (Å²) in [7, 11) is 0. The third-order valence-corrected chi connectivity index (χ3v) is 8.07. The fraction of sp³-hybridized carbons (Fsp3) is 0.375. The lowest BCUT2D eigenvalue weighted by Crippen LogP contribution is -2.47. The van der Waals surface area contributed by atoms with Crippen LogP contribution in [0.1, 0.15) is 55.5 Å². The monoisotopic (exact) mass is 589 g/mol. The van der Waals surface area contributed by atoms with Gasteiger partial charge in [-0.15, -0.1) is 6.42 Å². The van der Waals surface area contributed by atoms with Crippen LogP contribution >= 0.6 is 0 Å². The lowest BCUT2D eigenvalue weighted by molar-refractivity contribution is -0.153. The molecule has 1 fully saturated rings. The van der Waals surface area contributed by atoms with Gasteiger partial charge in [-0.3, -0.25) is 14.3 Å². The molecule has 1 aliphatic carbocycles. The molecule has 1 amide bonds. The van der Waals surface area contributed by atoms with Crippen LogP contribution in [0, 0.1) is 18.3 Å². The topological polar surface area (TPSA) is 129 Å². The number of rotatable bonds is 9. The Balaban J connectivity index is 1.19. The van der Waals surface area contributed by atoms with Crippen molar-refractivity contribution in [2.75, 3.05) is 13.2 Å². The number of alkyl halides is 1. The number of hydrogen-bond donors (Lipinski definition) is 2. The molecule has 1 saturated heterocycles. The van der Waals surface area contributed by atoms with E-state index in [1.165, 1.54) is 0 Å². The van der Waals surface area contributed by atoms with Crippen molar-refractivity contribution in [3.05, 3.63) is 92.3 Å². The lowest BCUT2D eigenvalue weighted by Gasteiger charge is -2.24. The summed E-state index contributed by atoms with van der Waals surface area (Å²) >= 11 is 0. The molecule has 43 heavy (non-hydrogen) atoms. The Morgan fingerprint density at radius 2 is 1.77 bits per heavy atom. The van der Waals surface area contributed by atoms with E-state index in [1.54, 1.807) is 6.92 Å². The summed E-state index contributed by atoms with van der Waals surface area (Å²) in [6.45, 7) is 3.27. The lowest BCUT2D eigenvalue weighted by atomic mass is 9.98. The van der Waals surface area contributed by atoms with Crippen molar-refractivity contribution in [1.82, 2.24) is 14.9 Å². The van der Waals surface area contributed by atoms with Crippen LogP contribution < -0.4 is 16.6 Å². The maximum absolute atomic E-state index is 14.8. The van der Waals surface area contributed by atoms with Gasteiger partial charge in [-0.05, 0) is 28.2 Å². The maximum Gasteiger partial charge on any atom is 0.407 e.